The van der Waals surface area contributed by atoms with Gasteiger partial charge in [0.05, 0.1) is 9.85 Å². The molecule has 2 rings (SSSR count). The summed E-state index contributed by atoms with van der Waals surface area (Å²) >= 11 is 0. The van der Waals surface area contributed by atoms with Crippen LogP contribution in [0.25, 0.3) is 0 Å². The van der Waals surface area contributed by atoms with Crippen molar-refractivity contribution >= 4 is 17.3 Å². The standard InChI is InChI=1S/C14H10N2O7/c17-14(23-13-7-3-11(4-8-13)16(20)21)9-22-12-5-1-10(2-6-12)15(18)19/h1-8H,9H2. The molecule has 0 amide bonds. The molecular weight excluding hydrogens is 308 g/mol. The van der Waals surface area contributed by atoms with Crippen LogP contribution in [0.4, 0.5) is 11.4 Å². The van der Waals surface area contributed by atoms with Crippen LogP contribution in [-0.2, 0) is 4.79 Å². The first-order valence-electron chi connectivity index (χ1n) is 6.28. The molecule has 0 aliphatic heterocycles. The molecule has 0 saturated heterocycles. The molecule has 0 aliphatic rings. The molecule has 0 atom stereocenters. The summed E-state index contributed by atoms with van der Waals surface area (Å²) in [6.45, 7) is -0.408. The molecule has 0 spiro atoms. The summed E-state index contributed by atoms with van der Waals surface area (Å²) in [6.07, 6.45) is 0. The monoisotopic (exact) mass is 318 g/mol. The first kappa shape index (κ1) is 15.9. The fourth-order valence-corrected chi connectivity index (χ4v) is 1.60. The molecule has 2 aromatic rings. The zero-order valence-corrected chi connectivity index (χ0v) is 11.6. The molecule has 0 aromatic heterocycles. The Bertz CT molecular complexity index is 726. The second-order valence-electron chi connectivity index (χ2n) is 4.26. The second kappa shape index (κ2) is 6.98. The third-order valence-electron chi connectivity index (χ3n) is 2.68. The zero-order chi connectivity index (χ0) is 16.8. The first-order valence-corrected chi connectivity index (χ1v) is 6.28. The molecule has 0 radical (unpaired) electrons. The summed E-state index contributed by atoms with van der Waals surface area (Å²) in [5.41, 5.74) is -0.210. The number of nitrogens with zero attached hydrogens (tertiary/aromatic N) is 2. The molecule has 23 heavy (non-hydrogen) atoms. The van der Waals surface area contributed by atoms with Crippen molar-refractivity contribution in [2.24, 2.45) is 0 Å². The van der Waals surface area contributed by atoms with Crippen LogP contribution in [0.3, 0.4) is 0 Å². The molecule has 0 aliphatic carbocycles. The highest BCUT2D eigenvalue weighted by atomic mass is 16.6. The highest BCUT2D eigenvalue weighted by molar-refractivity contribution is 5.74. The highest BCUT2D eigenvalue weighted by Gasteiger charge is 2.10. The van der Waals surface area contributed by atoms with E-state index in [2.05, 4.69) is 0 Å². The molecule has 2 aromatic carbocycles. The molecule has 9 nitrogen and oxygen atoms in total. The van der Waals surface area contributed by atoms with Gasteiger partial charge in [-0.1, -0.05) is 0 Å². The van der Waals surface area contributed by atoms with Gasteiger partial charge in [-0.3, -0.25) is 20.2 Å². The van der Waals surface area contributed by atoms with Gasteiger partial charge in [-0.2, -0.15) is 0 Å². The Morgan fingerprint density at radius 2 is 1.26 bits per heavy atom. The number of carbonyl (C=O) groups is 1. The molecule has 0 saturated carbocycles. The van der Waals surface area contributed by atoms with Crippen molar-refractivity contribution in [3.05, 3.63) is 68.8 Å². The number of non-ortho nitro benzene ring substituents is 2. The normalized spacial score (nSPS) is 9.91. The van der Waals surface area contributed by atoms with Crippen molar-refractivity contribution in [2.45, 2.75) is 0 Å². The van der Waals surface area contributed by atoms with E-state index in [0.29, 0.717) is 0 Å². The smallest absolute Gasteiger partial charge is 0.349 e. The largest absolute Gasteiger partial charge is 0.482 e. The number of rotatable bonds is 6. The Morgan fingerprint density at radius 1 is 0.826 bits per heavy atom. The Labute approximate surface area is 129 Å². The Balaban J connectivity index is 1.87. The third-order valence-corrected chi connectivity index (χ3v) is 2.68. The average molecular weight is 318 g/mol. The minimum atomic E-state index is -0.711. The number of ether oxygens (including phenoxy) is 2. The lowest BCUT2D eigenvalue weighted by molar-refractivity contribution is -0.385. The average Bonchev–Trinajstić information content (AvgIpc) is 2.54. The molecule has 118 valence electrons. The van der Waals surface area contributed by atoms with Crippen LogP contribution < -0.4 is 9.47 Å². The van der Waals surface area contributed by atoms with Gasteiger partial charge in [-0.15, -0.1) is 0 Å². The van der Waals surface area contributed by atoms with Gasteiger partial charge in [0.1, 0.15) is 11.5 Å². The van der Waals surface area contributed by atoms with Crippen LogP contribution in [-0.4, -0.2) is 22.4 Å². The molecule has 0 fully saturated rings. The summed E-state index contributed by atoms with van der Waals surface area (Å²) in [4.78, 5) is 31.5. The van der Waals surface area contributed by atoms with Crippen LogP contribution in [0.2, 0.25) is 0 Å². The number of hydrogen-bond acceptors (Lipinski definition) is 7. The van der Waals surface area contributed by atoms with E-state index in [-0.39, 0.29) is 22.9 Å². The summed E-state index contributed by atoms with van der Waals surface area (Å²) in [7, 11) is 0. The number of nitro groups is 2. The van der Waals surface area contributed by atoms with Gasteiger partial charge in [0, 0.05) is 24.3 Å². The van der Waals surface area contributed by atoms with Gasteiger partial charge in [-0.05, 0) is 24.3 Å². The summed E-state index contributed by atoms with van der Waals surface area (Å²) in [5.74, 6) is -0.290. The summed E-state index contributed by atoms with van der Waals surface area (Å²) < 4.78 is 10.1. The summed E-state index contributed by atoms with van der Waals surface area (Å²) in [6, 6.07) is 10.2. The molecule has 0 heterocycles. The maximum Gasteiger partial charge on any atom is 0.349 e. The van der Waals surface area contributed by atoms with E-state index in [1.54, 1.807) is 0 Å². The quantitative estimate of drug-likeness (QED) is 0.347. The van der Waals surface area contributed by atoms with Crippen molar-refractivity contribution < 1.29 is 24.1 Å². The van der Waals surface area contributed by atoms with E-state index in [9.17, 15) is 25.0 Å². The number of carbonyl (C=O) groups excluding carboxylic acids is 1. The van der Waals surface area contributed by atoms with Gasteiger partial charge in [0.2, 0.25) is 0 Å². The maximum atomic E-state index is 11.6. The van der Waals surface area contributed by atoms with Crippen molar-refractivity contribution in [1.29, 1.82) is 0 Å². The van der Waals surface area contributed by atoms with Crippen molar-refractivity contribution in [3.63, 3.8) is 0 Å². The van der Waals surface area contributed by atoms with E-state index in [0.717, 1.165) is 0 Å². The SMILES string of the molecule is O=C(COc1ccc([N+](=O)[O-])cc1)Oc1ccc([N+](=O)[O-])cc1. The maximum absolute atomic E-state index is 11.6. The van der Waals surface area contributed by atoms with E-state index in [1.165, 1.54) is 48.5 Å². The van der Waals surface area contributed by atoms with E-state index in [4.69, 9.17) is 9.47 Å². The van der Waals surface area contributed by atoms with Crippen LogP contribution in [0.15, 0.2) is 48.5 Å². The highest BCUT2D eigenvalue weighted by Crippen LogP contribution is 2.19. The minimum Gasteiger partial charge on any atom is -0.482 e. The van der Waals surface area contributed by atoms with Crippen LogP contribution in [0, 0.1) is 20.2 Å². The van der Waals surface area contributed by atoms with E-state index >= 15 is 0 Å². The lowest BCUT2D eigenvalue weighted by Crippen LogP contribution is -2.17. The second-order valence-corrected chi connectivity index (χ2v) is 4.26. The van der Waals surface area contributed by atoms with Gasteiger partial charge in [0.25, 0.3) is 11.4 Å². The molecule has 9 heteroatoms. The Morgan fingerprint density at radius 3 is 1.70 bits per heavy atom. The lowest BCUT2D eigenvalue weighted by atomic mass is 10.3. The molecular formula is C14H10N2O7. The topological polar surface area (TPSA) is 122 Å². The number of hydrogen-bond donors (Lipinski definition) is 0. The van der Waals surface area contributed by atoms with E-state index in [1.807, 2.05) is 0 Å². The van der Waals surface area contributed by atoms with Crippen LogP contribution in [0.5, 0.6) is 11.5 Å². The molecule has 0 bridgehead atoms. The predicted octanol–water partition coefficient (Wildman–Crippen LogP) is 2.49. The lowest BCUT2D eigenvalue weighted by Gasteiger charge is -2.06. The number of benzene rings is 2. The van der Waals surface area contributed by atoms with Crippen molar-refractivity contribution in [2.75, 3.05) is 6.61 Å². The third kappa shape index (κ3) is 4.49. The van der Waals surface area contributed by atoms with Gasteiger partial charge < -0.3 is 9.47 Å². The van der Waals surface area contributed by atoms with Crippen LogP contribution >= 0.6 is 0 Å². The predicted molar refractivity (Wildman–Crippen MR) is 77.3 cm³/mol. The van der Waals surface area contributed by atoms with Crippen LogP contribution in [0.1, 0.15) is 0 Å². The Hall–Kier alpha value is -3.49. The fraction of sp³-hybridized carbons (Fsp3) is 0.0714. The zero-order valence-electron chi connectivity index (χ0n) is 11.6. The van der Waals surface area contributed by atoms with Crippen molar-refractivity contribution in [3.8, 4) is 11.5 Å². The van der Waals surface area contributed by atoms with Gasteiger partial charge >= 0.3 is 5.97 Å². The number of nitro benzene ring substituents is 2. The first-order chi connectivity index (χ1) is 11.0. The minimum absolute atomic E-state index is 0.0918. The molecule has 0 unspecified atom stereocenters. The van der Waals surface area contributed by atoms with Gasteiger partial charge in [-0.25, -0.2) is 4.79 Å². The fourth-order valence-electron chi connectivity index (χ4n) is 1.60. The number of esters is 1. The van der Waals surface area contributed by atoms with Crippen molar-refractivity contribution in [1.82, 2.24) is 0 Å². The Kier molecular flexibility index (Phi) is 4.82. The van der Waals surface area contributed by atoms with E-state index < -0.39 is 22.4 Å². The van der Waals surface area contributed by atoms with Gasteiger partial charge in [0.15, 0.2) is 6.61 Å². The molecule has 0 N–H and O–H groups in total. The summed E-state index contributed by atoms with van der Waals surface area (Å²) in [5, 5.41) is 21.0.